The van der Waals surface area contributed by atoms with Gasteiger partial charge in [-0.2, -0.15) is 0 Å². The molecule has 3 heteroatoms. The molecule has 2 aromatic carbocycles. The molecule has 0 unspecified atom stereocenters. The van der Waals surface area contributed by atoms with E-state index in [9.17, 15) is 9.59 Å². The monoisotopic (exact) mass is 282 g/mol. The number of ketones is 1. The third-order valence-electron chi connectivity index (χ3n) is 3.17. The summed E-state index contributed by atoms with van der Waals surface area (Å²) < 4.78 is 5.40. The van der Waals surface area contributed by atoms with E-state index >= 15 is 0 Å². The van der Waals surface area contributed by atoms with Crippen molar-refractivity contribution in [3.63, 3.8) is 0 Å². The van der Waals surface area contributed by atoms with Gasteiger partial charge in [-0.25, -0.2) is 4.79 Å². The summed E-state index contributed by atoms with van der Waals surface area (Å²) in [6.07, 6.45) is 0. The normalized spacial score (nSPS) is 10.3. The van der Waals surface area contributed by atoms with Gasteiger partial charge in [0.2, 0.25) is 0 Å². The molecule has 0 aromatic heterocycles. The fourth-order valence-electron chi connectivity index (χ4n) is 2.26. The summed E-state index contributed by atoms with van der Waals surface area (Å²) in [6.45, 7) is 7.21. The molecule has 108 valence electrons. The molecule has 0 amide bonds. The minimum absolute atomic E-state index is 0.123. The van der Waals surface area contributed by atoms with E-state index in [-0.39, 0.29) is 5.78 Å². The summed E-state index contributed by atoms with van der Waals surface area (Å²) >= 11 is 0. The number of hydrogen-bond acceptors (Lipinski definition) is 3. The molecule has 3 nitrogen and oxygen atoms in total. The van der Waals surface area contributed by atoms with E-state index in [1.165, 1.54) is 6.92 Å². The van der Waals surface area contributed by atoms with E-state index in [2.05, 4.69) is 0 Å². The van der Waals surface area contributed by atoms with E-state index in [0.29, 0.717) is 16.9 Å². The first-order valence-electron chi connectivity index (χ1n) is 6.79. The molecule has 0 saturated carbocycles. The van der Waals surface area contributed by atoms with Crippen LogP contribution in [0.1, 0.15) is 44.3 Å². The summed E-state index contributed by atoms with van der Waals surface area (Å²) in [6, 6.07) is 10.7. The number of ether oxygens (including phenoxy) is 1. The fraction of sp³-hybridized carbons (Fsp3) is 0.222. The molecule has 0 saturated heterocycles. The molecule has 0 spiro atoms. The molecule has 0 aliphatic heterocycles. The molecule has 0 bridgehead atoms. The Morgan fingerprint density at radius 2 is 1.48 bits per heavy atom. The van der Waals surface area contributed by atoms with Gasteiger partial charge in [0.25, 0.3) is 0 Å². The molecular formula is C18H18O3. The van der Waals surface area contributed by atoms with Gasteiger partial charge in [0.1, 0.15) is 5.75 Å². The average molecular weight is 282 g/mol. The van der Waals surface area contributed by atoms with Crippen LogP contribution >= 0.6 is 0 Å². The average Bonchev–Trinajstić information content (AvgIpc) is 2.39. The first-order valence-corrected chi connectivity index (χ1v) is 6.79. The van der Waals surface area contributed by atoms with Crippen molar-refractivity contribution >= 4 is 11.8 Å². The van der Waals surface area contributed by atoms with Crippen molar-refractivity contribution < 1.29 is 14.3 Å². The van der Waals surface area contributed by atoms with Gasteiger partial charge in [0.15, 0.2) is 5.78 Å². The first kappa shape index (κ1) is 15.0. The number of carbonyl (C=O) groups is 2. The van der Waals surface area contributed by atoms with E-state index in [4.69, 9.17) is 4.74 Å². The second-order valence-corrected chi connectivity index (χ2v) is 5.32. The lowest BCUT2D eigenvalue weighted by Crippen LogP contribution is -2.11. The minimum atomic E-state index is -0.451. The van der Waals surface area contributed by atoms with E-state index < -0.39 is 5.97 Å². The lowest BCUT2D eigenvalue weighted by Gasteiger charge is -2.10. The van der Waals surface area contributed by atoms with Crippen molar-refractivity contribution in [2.75, 3.05) is 0 Å². The maximum Gasteiger partial charge on any atom is 0.343 e. The van der Waals surface area contributed by atoms with Gasteiger partial charge in [-0.05, 0) is 52.0 Å². The highest BCUT2D eigenvalue weighted by Crippen LogP contribution is 2.22. The minimum Gasteiger partial charge on any atom is -0.422 e. The number of hydrogen-bond donors (Lipinski definition) is 0. The Balaban J connectivity index is 2.33. The highest BCUT2D eigenvalue weighted by molar-refractivity contribution is 5.99. The zero-order valence-corrected chi connectivity index (χ0v) is 12.7. The molecule has 21 heavy (non-hydrogen) atoms. The standard InChI is InChI=1S/C18H18O3/c1-11-5-6-17(16(10-11)14(4)19)21-18(20)15-8-12(2)7-13(3)9-15/h5-10H,1-4H3. The molecule has 2 aromatic rings. The molecule has 2 rings (SSSR count). The van der Waals surface area contributed by atoms with Crippen LogP contribution in [0.4, 0.5) is 0 Å². The van der Waals surface area contributed by atoms with Crippen LogP contribution in [0.5, 0.6) is 5.75 Å². The summed E-state index contributed by atoms with van der Waals surface area (Å²) in [5, 5.41) is 0. The Morgan fingerprint density at radius 1 is 0.857 bits per heavy atom. The van der Waals surface area contributed by atoms with Crippen molar-refractivity contribution in [2.24, 2.45) is 0 Å². The zero-order valence-electron chi connectivity index (χ0n) is 12.7. The topological polar surface area (TPSA) is 43.4 Å². The molecule has 0 heterocycles. The summed E-state index contributed by atoms with van der Waals surface area (Å²) in [5.41, 5.74) is 3.86. The van der Waals surface area contributed by atoms with Gasteiger partial charge in [-0.3, -0.25) is 4.79 Å². The van der Waals surface area contributed by atoms with Crippen LogP contribution in [0.25, 0.3) is 0 Å². The summed E-state index contributed by atoms with van der Waals surface area (Å²) in [4.78, 5) is 23.9. The van der Waals surface area contributed by atoms with Crippen LogP contribution in [0.3, 0.4) is 0 Å². The van der Waals surface area contributed by atoms with Gasteiger partial charge in [-0.15, -0.1) is 0 Å². The lowest BCUT2D eigenvalue weighted by molar-refractivity contribution is 0.0732. The molecule has 0 fully saturated rings. The number of aryl methyl sites for hydroxylation is 3. The molecule has 0 aliphatic rings. The van der Waals surface area contributed by atoms with Crippen LogP contribution in [0.2, 0.25) is 0 Å². The quantitative estimate of drug-likeness (QED) is 0.485. The Morgan fingerprint density at radius 3 is 2.05 bits per heavy atom. The van der Waals surface area contributed by atoms with Crippen molar-refractivity contribution in [3.05, 3.63) is 64.2 Å². The van der Waals surface area contributed by atoms with E-state index in [1.807, 2.05) is 32.9 Å². The van der Waals surface area contributed by atoms with Crippen LogP contribution in [-0.2, 0) is 0 Å². The largest absolute Gasteiger partial charge is 0.422 e. The van der Waals surface area contributed by atoms with Crippen molar-refractivity contribution in [1.82, 2.24) is 0 Å². The Bertz CT molecular complexity index is 694. The Kier molecular flexibility index (Phi) is 4.22. The predicted octanol–water partition coefficient (Wildman–Crippen LogP) is 4.03. The smallest absolute Gasteiger partial charge is 0.343 e. The number of rotatable bonds is 3. The van der Waals surface area contributed by atoms with Gasteiger partial charge in [-0.1, -0.05) is 28.8 Å². The number of benzene rings is 2. The zero-order chi connectivity index (χ0) is 15.6. The van der Waals surface area contributed by atoms with Gasteiger partial charge in [0.05, 0.1) is 11.1 Å². The van der Waals surface area contributed by atoms with Crippen LogP contribution in [0, 0.1) is 20.8 Å². The lowest BCUT2D eigenvalue weighted by atomic mass is 10.1. The number of carbonyl (C=O) groups excluding carboxylic acids is 2. The highest BCUT2D eigenvalue weighted by atomic mass is 16.5. The fourth-order valence-corrected chi connectivity index (χ4v) is 2.26. The second-order valence-electron chi connectivity index (χ2n) is 5.32. The SMILES string of the molecule is CC(=O)c1cc(C)ccc1OC(=O)c1cc(C)cc(C)c1. The number of esters is 1. The maximum atomic E-state index is 12.2. The molecule has 0 N–H and O–H groups in total. The Labute approximate surface area is 124 Å². The number of Topliss-reactive ketones (excluding diaryl/α,β-unsaturated/α-hetero) is 1. The van der Waals surface area contributed by atoms with Gasteiger partial charge >= 0.3 is 5.97 Å². The van der Waals surface area contributed by atoms with Crippen LogP contribution in [-0.4, -0.2) is 11.8 Å². The Hall–Kier alpha value is -2.42. The van der Waals surface area contributed by atoms with Crippen molar-refractivity contribution in [2.45, 2.75) is 27.7 Å². The summed E-state index contributed by atoms with van der Waals surface area (Å²) in [5.74, 6) is -0.271. The van der Waals surface area contributed by atoms with Gasteiger partial charge in [0, 0.05) is 0 Å². The molecule has 0 radical (unpaired) electrons. The highest BCUT2D eigenvalue weighted by Gasteiger charge is 2.14. The van der Waals surface area contributed by atoms with E-state index in [1.54, 1.807) is 24.3 Å². The van der Waals surface area contributed by atoms with Crippen LogP contribution < -0.4 is 4.74 Å². The predicted molar refractivity (Wildman–Crippen MR) is 82.1 cm³/mol. The van der Waals surface area contributed by atoms with E-state index in [0.717, 1.165) is 16.7 Å². The van der Waals surface area contributed by atoms with Crippen LogP contribution in [0.15, 0.2) is 36.4 Å². The van der Waals surface area contributed by atoms with Crippen molar-refractivity contribution in [3.8, 4) is 5.75 Å². The molecule has 0 aliphatic carbocycles. The third kappa shape index (κ3) is 3.57. The summed E-state index contributed by atoms with van der Waals surface area (Å²) in [7, 11) is 0. The van der Waals surface area contributed by atoms with Crippen molar-refractivity contribution in [1.29, 1.82) is 0 Å². The third-order valence-corrected chi connectivity index (χ3v) is 3.17. The second kappa shape index (κ2) is 5.92. The first-order chi connectivity index (χ1) is 9.86. The molecule has 0 atom stereocenters. The maximum absolute atomic E-state index is 12.2. The molecular weight excluding hydrogens is 264 g/mol. The van der Waals surface area contributed by atoms with Gasteiger partial charge < -0.3 is 4.74 Å².